The maximum Gasteiger partial charge on any atom is 0.00114 e. The Kier molecular flexibility index (Phi) is 3.22. The van der Waals surface area contributed by atoms with Crippen molar-refractivity contribution in [3.63, 3.8) is 0 Å². The largest absolute Gasteiger partial charge is 0.317 e. The van der Waals surface area contributed by atoms with Gasteiger partial charge in [-0.2, -0.15) is 0 Å². The van der Waals surface area contributed by atoms with Crippen LogP contribution in [0.4, 0.5) is 0 Å². The van der Waals surface area contributed by atoms with Gasteiger partial charge in [0.05, 0.1) is 0 Å². The highest BCUT2D eigenvalue weighted by atomic mass is 14.9. The summed E-state index contributed by atoms with van der Waals surface area (Å²) in [6, 6.07) is 10.9. The fraction of sp³-hybridized carbons (Fsp3) is 0.429. The fourth-order valence-corrected chi connectivity index (χ4v) is 2.58. The Bertz CT molecular complexity index is 309. The van der Waals surface area contributed by atoms with Crippen LogP contribution in [0, 0.1) is 0 Å². The van der Waals surface area contributed by atoms with Gasteiger partial charge in [0.15, 0.2) is 0 Å². The molecule has 1 heteroatoms. The number of hydrogen-bond acceptors (Lipinski definition) is 1. The Morgan fingerprint density at radius 2 is 1.87 bits per heavy atom. The highest BCUT2D eigenvalue weighted by Crippen LogP contribution is 2.36. The average molecular weight is 201 g/mol. The van der Waals surface area contributed by atoms with Gasteiger partial charge in [-0.1, -0.05) is 36.4 Å². The van der Waals surface area contributed by atoms with Gasteiger partial charge in [0.25, 0.3) is 0 Å². The smallest absolute Gasteiger partial charge is 0.00114 e. The van der Waals surface area contributed by atoms with Gasteiger partial charge in [-0.05, 0) is 37.9 Å². The molecule has 0 unspecified atom stereocenters. The Morgan fingerprint density at radius 1 is 1.20 bits per heavy atom. The molecule has 1 aromatic rings. The van der Waals surface area contributed by atoms with Crippen molar-refractivity contribution < 1.29 is 0 Å². The van der Waals surface area contributed by atoms with Gasteiger partial charge < -0.3 is 5.32 Å². The minimum atomic E-state index is 0.342. The summed E-state index contributed by atoms with van der Waals surface area (Å²) in [5.41, 5.74) is 1.82. The number of allylic oxidation sites excluding steroid dienone is 1. The molecule has 1 nitrogen and oxygen atoms in total. The van der Waals surface area contributed by atoms with E-state index in [0.29, 0.717) is 5.41 Å². The molecule has 80 valence electrons. The van der Waals surface area contributed by atoms with Crippen LogP contribution in [-0.4, -0.2) is 13.1 Å². The van der Waals surface area contributed by atoms with Gasteiger partial charge in [0, 0.05) is 5.41 Å². The van der Waals surface area contributed by atoms with Crippen LogP contribution in [0.5, 0.6) is 0 Å². The Morgan fingerprint density at radius 3 is 2.47 bits per heavy atom. The van der Waals surface area contributed by atoms with Crippen LogP contribution >= 0.6 is 0 Å². The maximum atomic E-state index is 3.90. The highest BCUT2D eigenvalue weighted by molar-refractivity contribution is 5.27. The van der Waals surface area contributed by atoms with Crippen LogP contribution in [0.15, 0.2) is 43.0 Å². The van der Waals surface area contributed by atoms with Gasteiger partial charge in [-0.25, -0.2) is 0 Å². The van der Waals surface area contributed by atoms with E-state index >= 15 is 0 Å². The second-order valence-electron chi connectivity index (χ2n) is 4.39. The van der Waals surface area contributed by atoms with Crippen molar-refractivity contribution in [2.45, 2.75) is 24.7 Å². The lowest BCUT2D eigenvalue weighted by molar-refractivity contribution is 0.310. The lowest BCUT2D eigenvalue weighted by atomic mass is 9.71. The van der Waals surface area contributed by atoms with Crippen LogP contribution in [0.2, 0.25) is 0 Å². The van der Waals surface area contributed by atoms with Crippen molar-refractivity contribution in [3.8, 4) is 0 Å². The second-order valence-corrected chi connectivity index (χ2v) is 4.39. The van der Waals surface area contributed by atoms with Crippen molar-refractivity contribution in [1.29, 1.82) is 0 Å². The van der Waals surface area contributed by atoms with Gasteiger partial charge in [-0.15, -0.1) is 6.58 Å². The molecule has 0 aliphatic carbocycles. The SMILES string of the molecule is C=CCC1(c2ccccc2)CCNCC1. The third-order valence-corrected chi connectivity index (χ3v) is 3.48. The summed E-state index contributed by atoms with van der Waals surface area (Å²) in [6.07, 6.45) is 5.61. The molecular formula is C14H19N. The first-order valence-electron chi connectivity index (χ1n) is 5.74. The first kappa shape index (κ1) is 10.4. The fourth-order valence-electron chi connectivity index (χ4n) is 2.58. The first-order valence-corrected chi connectivity index (χ1v) is 5.74. The first-order chi connectivity index (χ1) is 7.37. The molecule has 1 saturated heterocycles. The average Bonchev–Trinajstić information content (AvgIpc) is 2.32. The summed E-state index contributed by atoms with van der Waals surface area (Å²) in [5, 5.41) is 3.43. The molecule has 0 spiro atoms. The minimum absolute atomic E-state index is 0.342. The van der Waals surface area contributed by atoms with E-state index < -0.39 is 0 Å². The molecule has 0 bridgehead atoms. The Balaban J connectivity index is 2.29. The minimum Gasteiger partial charge on any atom is -0.317 e. The molecule has 0 aromatic heterocycles. The van der Waals surface area contributed by atoms with E-state index in [9.17, 15) is 0 Å². The quantitative estimate of drug-likeness (QED) is 0.741. The van der Waals surface area contributed by atoms with Crippen molar-refractivity contribution >= 4 is 0 Å². The van der Waals surface area contributed by atoms with Crippen LogP contribution in [0.3, 0.4) is 0 Å². The zero-order valence-electron chi connectivity index (χ0n) is 9.21. The Hall–Kier alpha value is -1.08. The lowest BCUT2D eigenvalue weighted by Gasteiger charge is -2.37. The number of benzene rings is 1. The highest BCUT2D eigenvalue weighted by Gasteiger charge is 2.32. The zero-order chi connectivity index (χ0) is 10.6. The normalized spacial score (nSPS) is 19.7. The molecule has 1 N–H and O–H groups in total. The lowest BCUT2D eigenvalue weighted by Crippen LogP contribution is -2.39. The van der Waals surface area contributed by atoms with Gasteiger partial charge in [0.1, 0.15) is 0 Å². The molecule has 2 rings (SSSR count). The van der Waals surface area contributed by atoms with Crippen LogP contribution in [0.25, 0.3) is 0 Å². The molecule has 1 heterocycles. The molecule has 1 aliphatic heterocycles. The summed E-state index contributed by atoms with van der Waals surface area (Å²) < 4.78 is 0. The number of nitrogens with one attached hydrogen (secondary N) is 1. The van der Waals surface area contributed by atoms with E-state index in [1.54, 1.807) is 0 Å². The third-order valence-electron chi connectivity index (χ3n) is 3.48. The molecule has 1 fully saturated rings. The summed E-state index contributed by atoms with van der Waals surface area (Å²) in [5.74, 6) is 0. The zero-order valence-corrected chi connectivity index (χ0v) is 9.21. The molecule has 0 radical (unpaired) electrons. The van der Waals surface area contributed by atoms with E-state index in [4.69, 9.17) is 0 Å². The van der Waals surface area contributed by atoms with Crippen LogP contribution < -0.4 is 5.32 Å². The molecule has 15 heavy (non-hydrogen) atoms. The number of hydrogen-bond donors (Lipinski definition) is 1. The standard InChI is InChI=1S/C14H19N/c1-2-8-14(9-11-15-12-10-14)13-6-4-3-5-7-13/h2-7,15H,1,8-12H2. The van der Waals surface area contributed by atoms with Gasteiger partial charge in [0.2, 0.25) is 0 Å². The summed E-state index contributed by atoms with van der Waals surface area (Å²) in [7, 11) is 0. The predicted octanol–water partition coefficient (Wildman–Crippen LogP) is 2.88. The van der Waals surface area contributed by atoms with Crippen LogP contribution in [-0.2, 0) is 5.41 Å². The summed E-state index contributed by atoms with van der Waals surface area (Å²) >= 11 is 0. The maximum absolute atomic E-state index is 3.90. The third kappa shape index (κ3) is 2.13. The molecule has 0 amide bonds. The van der Waals surface area contributed by atoms with Crippen LogP contribution in [0.1, 0.15) is 24.8 Å². The second kappa shape index (κ2) is 4.63. The molecule has 1 aromatic carbocycles. The van der Waals surface area contributed by atoms with E-state index in [1.807, 2.05) is 0 Å². The molecule has 0 atom stereocenters. The van der Waals surface area contributed by atoms with E-state index in [2.05, 4.69) is 48.3 Å². The number of piperidine rings is 1. The molecule has 0 saturated carbocycles. The van der Waals surface area contributed by atoms with Crippen molar-refractivity contribution in [3.05, 3.63) is 48.6 Å². The van der Waals surface area contributed by atoms with Gasteiger partial charge >= 0.3 is 0 Å². The topological polar surface area (TPSA) is 12.0 Å². The van der Waals surface area contributed by atoms with E-state index in [-0.39, 0.29) is 0 Å². The molecule has 1 aliphatic rings. The Labute approximate surface area is 92.2 Å². The molecular weight excluding hydrogens is 182 g/mol. The van der Waals surface area contributed by atoms with Gasteiger partial charge in [-0.3, -0.25) is 0 Å². The van der Waals surface area contributed by atoms with E-state index in [0.717, 1.165) is 19.5 Å². The predicted molar refractivity (Wildman–Crippen MR) is 65.0 cm³/mol. The van der Waals surface area contributed by atoms with Crippen molar-refractivity contribution in [2.24, 2.45) is 0 Å². The summed E-state index contributed by atoms with van der Waals surface area (Å²) in [4.78, 5) is 0. The monoisotopic (exact) mass is 201 g/mol. The van der Waals surface area contributed by atoms with Crippen molar-refractivity contribution in [1.82, 2.24) is 5.32 Å². The van der Waals surface area contributed by atoms with E-state index in [1.165, 1.54) is 18.4 Å². The number of rotatable bonds is 3. The van der Waals surface area contributed by atoms with Crippen molar-refractivity contribution in [2.75, 3.05) is 13.1 Å². The summed E-state index contributed by atoms with van der Waals surface area (Å²) in [6.45, 7) is 6.16.